The van der Waals surface area contributed by atoms with Crippen LogP contribution in [0.1, 0.15) is 61.3 Å². The van der Waals surface area contributed by atoms with Gasteiger partial charge in [-0.2, -0.15) is 0 Å². The van der Waals surface area contributed by atoms with Crippen LogP contribution in [-0.4, -0.2) is 41.1 Å². The molecular formula is C19H24N2O6. The molecule has 2 rings (SSSR count). The van der Waals surface area contributed by atoms with Crippen molar-refractivity contribution in [3.8, 4) is 0 Å². The lowest BCUT2D eigenvalue weighted by Crippen LogP contribution is -2.37. The Labute approximate surface area is 157 Å². The summed E-state index contributed by atoms with van der Waals surface area (Å²) in [5, 5.41) is 3.06. The fourth-order valence-corrected chi connectivity index (χ4v) is 2.57. The average molecular weight is 376 g/mol. The van der Waals surface area contributed by atoms with Crippen molar-refractivity contribution in [2.45, 2.75) is 46.1 Å². The van der Waals surface area contributed by atoms with E-state index in [9.17, 15) is 19.2 Å². The monoisotopic (exact) mass is 376 g/mol. The first-order valence-corrected chi connectivity index (χ1v) is 8.80. The van der Waals surface area contributed by atoms with Crippen LogP contribution < -0.4 is 5.32 Å². The van der Waals surface area contributed by atoms with Crippen LogP contribution in [0.15, 0.2) is 24.3 Å². The van der Waals surface area contributed by atoms with E-state index >= 15 is 0 Å². The van der Waals surface area contributed by atoms with E-state index in [-0.39, 0.29) is 24.1 Å². The summed E-state index contributed by atoms with van der Waals surface area (Å²) in [5.74, 6) is -2.60. The SMILES string of the molecule is CCC(CCNC(=O)OC(C)(C)C)C(=O)ON1C(=O)c2ccccc2C1=O. The number of alkyl carbamates (subject to hydrolysis) is 1. The number of amides is 3. The molecule has 0 spiro atoms. The summed E-state index contributed by atoms with van der Waals surface area (Å²) in [5.41, 5.74) is -0.205. The summed E-state index contributed by atoms with van der Waals surface area (Å²) in [6, 6.07) is 6.27. The molecule has 1 N–H and O–H groups in total. The number of nitrogens with zero attached hydrogens (tertiary/aromatic N) is 1. The molecule has 3 amide bonds. The predicted molar refractivity (Wildman–Crippen MR) is 95.7 cm³/mol. The van der Waals surface area contributed by atoms with E-state index in [2.05, 4.69) is 5.32 Å². The molecule has 0 radical (unpaired) electrons. The number of hydroxylamine groups is 2. The molecule has 27 heavy (non-hydrogen) atoms. The van der Waals surface area contributed by atoms with Crippen molar-refractivity contribution in [1.29, 1.82) is 0 Å². The zero-order chi connectivity index (χ0) is 20.2. The van der Waals surface area contributed by atoms with Crippen LogP contribution in [0.25, 0.3) is 0 Å². The number of benzene rings is 1. The molecule has 1 aromatic carbocycles. The van der Waals surface area contributed by atoms with E-state index in [0.717, 1.165) is 0 Å². The van der Waals surface area contributed by atoms with Gasteiger partial charge in [0.25, 0.3) is 11.8 Å². The van der Waals surface area contributed by atoms with Crippen LogP contribution >= 0.6 is 0 Å². The summed E-state index contributed by atoms with van der Waals surface area (Å²) in [7, 11) is 0. The minimum Gasteiger partial charge on any atom is -0.444 e. The Kier molecular flexibility index (Phi) is 6.20. The van der Waals surface area contributed by atoms with E-state index in [0.29, 0.717) is 11.5 Å². The van der Waals surface area contributed by atoms with Crippen LogP contribution in [0.4, 0.5) is 4.79 Å². The molecule has 0 saturated carbocycles. The number of hydrogen-bond donors (Lipinski definition) is 1. The summed E-state index contributed by atoms with van der Waals surface area (Å²) >= 11 is 0. The van der Waals surface area contributed by atoms with Crippen molar-refractivity contribution in [2.24, 2.45) is 5.92 Å². The minimum atomic E-state index is -0.696. The van der Waals surface area contributed by atoms with Gasteiger partial charge < -0.3 is 14.9 Å². The van der Waals surface area contributed by atoms with Gasteiger partial charge in [-0.1, -0.05) is 24.1 Å². The smallest absolute Gasteiger partial charge is 0.407 e. The second-order valence-corrected chi connectivity index (χ2v) is 7.18. The first kappa shape index (κ1) is 20.4. The van der Waals surface area contributed by atoms with Crippen LogP contribution in [0, 0.1) is 5.92 Å². The quantitative estimate of drug-likeness (QED) is 0.766. The molecule has 0 aliphatic carbocycles. The molecule has 0 saturated heterocycles. The van der Waals surface area contributed by atoms with E-state index in [1.165, 1.54) is 12.1 Å². The maximum atomic E-state index is 12.4. The molecule has 8 nitrogen and oxygen atoms in total. The van der Waals surface area contributed by atoms with Crippen LogP contribution in [0.5, 0.6) is 0 Å². The van der Waals surface area contributed by atoms with Gasteiger partial charge in [0.05, 0.1) is 17.0 Å². The highest BCUT2D eigenvalue weighted by atomic mass is 16.7. The Bertz CT molecular complexity index is 718. The lowest BCUT2D eigenvalue weighted by Gasteiger charge is -2.21. The second kappa shape index (κ2) is 8.20. The van der Waals surface area contributed by atoms with Gasteiger partial charge in [0.2, 0.25) is 0 Å². The Morgan fingerprint density at radius 2 is 1.67 bits per heavy atom. The van der Waals surface area contributed by atoms with Crippen molar-refractivity contribution in [2.75, 3.05) is 6.54 Å². The maximum absolute atomic E-state index is 12.4. The summed E-state index contributed by atoms with van der Waals surface area (Å²) < 4.78 is 5.12. The number of imide groups is 1. The van der Waals surface area contributed by atoms with Gasteiger partial charge in [0.1, 0.15) is 5.60 Å². The Morgan fingerprint density at radius 3 is 2.15 bits per heavy atom. The lowest BCUT2D eigenvalue weighted by molar-refractivity contribution is -0.174. The molecule has 146 valence electrons. The number of fused-ring (bicyclic) bond motifs is 1. The predicted octanol–water partition coefficient (Wildman–Crippen LogP) is 2.68. The first-order chi connectivity index (χ1) is 12.6. The average Bonchev–Trinajstić information content (AvgIpc) is 2.82. The topological polar surface area (TPSA) is 102 Å². The molecule has 1 heterocycles. The number of hydrogen-bond acceptors (Lipinski definition) is 6. The van der Waals surface area contributed by atoms with Gasteiger partial charge >= 0.3 is 12.1 Å². The lowest BCUT2D eigenvalue weighted by atomic mass is 10.0. The van der Waals surface area contributed by atoms with Gasteiger partial charge in [0, 0.05) is 6.54 Å². The molecule has 0 bridgehead atoms. The molecule has 1 unspecified atom stereocenters. The summed E-state index contributed by atoms with van der Waals surface area (Å²) in [6.45, 7) is 7.23. The number of carbonyl (C=O) groups is 4. The van der Waals surface area contributed by atoms with Crippen molar-refractivity contribution in [1.82, 2.24) is 10.4 Å². The van der Waals surface area contributed by atoms with Gasteiger partial charge in [-0.3, -0.25) is 9.59 Å². The zero-order valence-corrected chi connectivity index (χ0v) is 15.9. The molecular weight excluding hydrogens is 352 g/mol. The Balaban J connectivity index is 1.90. The third-order valence-corrected chi connectivity index (χ3v) is 3.93. The van der Waals surface area contributed by atoms with Gasteiger partial charge in [-0.05, 0) is 45.7 Å². The third-order valence-electron chi connectivity index (χ3n) is 3.93. The van der Waals surface area contributed by atoms with E-state index in [1.807, 2.05) is 0 Å². The molecule has 8 heteroatoms. The standard InChI is InChI=1S/C19H24N2O6/c1-5-12(10-11-20-18(25)26-19(2,3)4)17(24)27-21-15(22)13-8-6-7-9-14(13)16(21)23/h6-9,12H,5,10-11H2,1-4H3,(H,20,25). The highest BCUT2D eigenvalue weighted by Gasteiger charge is 2.39. The second-order valence-electron chi connectivity index (χ2n) is 7.18. The van der Waals surface area contributed by atoms with Crippen molar-refractivity contribution < 1.29 is 28.8 Å². The first-order valence-electron chi connectivity index (χ1n) is 8.80. The molecule has 0 fully saturated rings. The molecule has 1 aromatic rings. The maximum Gasteiger partial charge on any atom is 0.407 e. The van der Waals surface area contributed by atoms with Gasteiger partial charge in [-0.15, -0.1) is 0 Å². The largest absolute Gasteiger partial charge is 0.444 e. The highest BCUT2D eigenvalue weighted by molar-refractivity contribution is 6.20. The van der Waals surface area contributed by atoms with Crippen LogP contribution in [-0.2, 0) is 14.4 Å². The minimum absolute atomic E-state index is 0.199. The van der Waals surface area contributed by atoms with Crippen molar-refractivity contribution in [3.63, 3.8) is 0 Å². The van der Waals surface area contributed by atoms with Crippen LogP contribution in [0.2, 0.25) is 0 Å². The van der Waals surface area contributed by atoms with Crippen molar-refractivity contribution in [3.05, 3.63) is 35.4 Å². The third kappa shape index (κ3) is 5.06. The van der Waals surface area contributed by atoms with E-state index < -0.39 is 35.4 Å². The fraction of sp³-hybridized carbons (Fsp3) is 0.474. The fourth-order valence-electron chi connectivity index (χ4n) is 2.57. The van der Waals surface area contributed by atoms with E-state index in [1.54, 1.807) is 39.8 Å². The number of nitrogens with one attached hydrogen (secondary N) is 1. The number of carbonyl (C=O) groups excluding carboxylic acids is 4. The Hall–Kier alpha value is -2.90. The normalized spacial score (nSPS) is 14.6. The molecule has 1 aliphatic heterocycles. The van der Waals surface area contributed by atoms with Crippen LogP contribution in [0.3, 0.4) is 0 Å². The number of rotatable bonds is 6. The van der Waals surface area contributed by atoms with Gasteiger partial charge in [0.15, 0.2) is 0 Å². The Morgan fingerprint density at radius 1 is 1.11 bits per heavy atom. The van der Waals surface area contributed by atoms with E-state index in [4.69, 9.17) is 9.57 Å². The molecule has 0 aromatic heterocycles. The summed E-state index contributed by atoms with van der Waals surface area (Å²) in [6.07, 6.45) is 0.140. The highest BCUT2D eigenvalue weighted by Crippen LogP contribution is 2.24. The number of ether oxygens (including phenoxy) is 1. The summed E-state index contributed by atoms with van der Waals surface area (Å²) in [4.78, 5) is 53.6. The molecule has 1 atom stereocenters. The molecule has 1 aliphatic rings. The van der Waals surface area contributed by atoms with Gasteiger partial charge in [-0.25, -0.2) is 9.59 Å². The zero-order valence-electron chi connectivity index (χ0n) is 15.9. The van der Waals surface area contributed by atoms with Crippen molar-refractivity contribution >= 4 is 23.9 Å².